The van der Waals surface area contributed by atoms with Gasteiger partial charge in [0, 0.05) is 40.4 Å². The van der Waals surface area contributed by atoms with Crippen molar-refractivity contribution in [3.05, 3.63) is 59.6 Å². The van der Waals surface area contributed by atoms with Gasteiger partial charge < -0.3 is 14.8 Å². The minimum absolute atomic E-state index is 0.0688. The number of benzene rings is 2. The van der Waals surface area contributed by atoms with Crippen LogP contribution in [0.5, 0.6) is 5.75 Å². The Bertz CT molecular complexity index is 1200. The summed E-state index contributed by atoms with van der Waals surface area (Å²) in [4.78, 5) is 18.5. The zero-order chi connectivity index (χ0) is 21.8. The molecular weight excluding hydrogens is 408 g/mol. The SMILES string of the molecule is COc1ccc2ncc3c(-c4ccccc4)c(C(=O)NCCCOC(C)C)sc3c2c1. The molecule has 1 amide bonds. The molecule has 0 bridgehead atoms. The zero-order valence-corrected chi connectivity index (χ0v) is 18.8. The van der Waals surface area contributed by atoms with E-state index in [4.69, 9.17) is 9.47 Å². The van der Waals surface area contributed by atoms with Gasteiger partial charge in [0.05, 0.1) is 18.7 Å². The molecular formula is C25H26N2O3S. The van der Waals surface area contributed by atoms with Crippen LogP contribution in [0.15, 0.2) is 54.7 Å². The molecule has 160 valence electrons. The van der Waals surface area contributed by atoms with E-state index in [1.165, 1.54) is 11.3 Å². The van der Waals surface area contributed by atoms with Crippen molar-refractivity contribution in [3.8, 4) is 16.9 Å². The van der Waals surface area contributed by atoms with E-state index in [0.717, 1.165) is 44.3 Å². The van der Waals surface area contributed by atoms with Crippen molar-refractivity contribution in [1.82, 2.24) is 10.3 Å². The first-order valence-electron chi connectivity index (χ1n) is 10.4. The number of fused-ring (bicyclic) bond motifs is 3. The highest BCUT2D eigenvalue weighted by Crippen LogP contribution is 2.42. The molecule has 2 heterocycles. The average molecular weight is 435 g/mol. The van der Waals surface area contributed by atoms with Gasteiger partial charge in [-0.15, -0.1) is 11.3 Å². The molecule has 2 aromatic carbocycles. The molecule has 0 saturated heterocycles. The molecule has 2 aromatic heterocycles. The van der Waals surface area contributed by atoms with Crippen molar-refractivity contribution in [2.45, 2.75) is 26.4 Å². The maximum Gasteiger partial charge on any atom is 0.262 e. The number of thiophene rings is 1. The molecule has 6 heteroatoms. The molecule has 0 spiro atoms. The van der Waals surface area contributed by atoms with Crippen LogP contribution < -0.4 is 10.1 Å². The number of nitrogens with zero attached hydrogens (tertiary/aromatic N) is 1. The number of rotatable bonds is 8. The van der Waals surface area contributed by atoms with E-state index in [1.807, 2.05) is 68.6 Å². The predicted octanol–water partition coefficient (Wildman–Crippen LogP) is 5.67. The molecule has 0 saturated carbocycles. The molecule has 0 aliphatic carbocycles. The Balaban J connectivity index is 1.76. The third-order valence-electron chi connectivity index (χ3n) is 5.05. The van der Waals surface area contributed by atoms with Crippen LogP contribution in [0.25, 0.3) is 32.1 Å². The summed E-state index contributed by atoms with van der Waals surface area (Å²) in [5, 5.41) is 5.03. The number of pyridine rings is 1. The highest BCUT2D eigenvalue weighted by Gasteiger charge is 2.21. The van der Waals surface area contributed by atoms with Gasteiger partial charge in [-0.05, 0) is 44.0 Å². The molecule has 5 nitrogen and oxygen atoms in total. The lowest BCUT2D eigenvalue weighted by atomic mass is 10.0. The van der Waals surface area contributed by atoms with Crippen molar-refractivity contribution in [2.75, 3.05) is 20.3 Å². The van der Waals surface area contributed by atoms with Gasteiger partial charge in [0.15, 0.2) is 0 Å². The number of hydrogen-bond donors (Lipinski definition) is 1. The standard InChI is InChI=1S/C25H26N2O3S/c1-16(2)30-13-7-12-26-25(28)24-22(17-8-5-4-6-9-17)20-15-27-21-11-10-18(29-3)14-19(21)23(20)31-24/h4-6,8-11,14-16H,7,12-13H2,1-3H3,(H,26,28). The molecule has 0 aliphatic rings. The van der Waals surface area contributed by atoms with E-state index in [2.05, 4.69) is 10.3 Å². The molecule has 0 radical (unpaired) electrons. The summed E-state index contributed by atoms with van der Waals surface area (Å²) >= 11 is 1.51. The molecule has 0 aliphatic heterocycles. The first kappa shape index (κ1) is 21.3. The maximum absolute atomic E-state index is 13.2. The van der Waals surface area contributed by atoms with Crippen LogP contribution in [-0.2, 0) is 4.74 Å². The average Bonchev–Trinajstić information content (AvgIpc) is 3.19. The summed E-state index contributed by atoms with van der Waals surface area (Å²) in [5.74, 6) is 0.702. The van der Waals surface area contributed by atoms with Crippen molar-refractivity contribution in [3.63, 3.8) is 0 Å². The first-order valence-corrected chi connectivity index (χ1v) is 11.2. The van der Waals surface area contributed by atoms with Gasteiger partial charge in [-0.1, -0.05) is 30.3 Å². The van der Waals surface area contributed by atoms with E-state index < -0.39 is 0 Å². The summed E-state index contributed by atoms with van der Waals surface area (Å²) in [6.07, 6.45) is 2.84. The monoisotopic (exact) mass is 434 g/mol. The van der Waals surface area contributed by atoms with E-state index >= 15 is 0 Å². The van der Waals surface area contributed by atoms with Crippen LogP contribution in [0.4, 0.5) is 0 Å². The lowest BCUT2D eigenvalue weighted by Gasteiger charge is -2.09. The largest absolute Gasteiger partial charge is 0.497 e. The smallest absolute Gasteiger partial charge is 0.262 e. The normalized spacial score (nSPS) is 11.4. The fourth-order valence-corrected chi connectivity index (χ4v) is 4.80. The topological polar surface area (TPSA) is 60.5 Å². The lowest BCUT2D eigenvalue weighted by molar-refractivity contribution is 0.0757. The van der Waals surface area contributed by atoms with Crippen molar-refractivity contribution in [2.24, 2.45) is 0 Å². The first-order chi connectivity index (χ1) is 15.1. The van der Waals surface area contributed by atoms with E-state index in [0.29, 0.717) is 18.0 Å². The van der Waals surface area contributed by atoms with Crippen LogP contribution in [0.1, 0.15) is 29.9 Å². The number of ether oxygens (including phenoxy) is 2. The fourth-order valence-electron chi connectivity index (χ4n) is 3.56. The second-order valence-electron chi connectivity index (χ2n) is 7.59. The summed E-state index contributed by atoms with van der Waals surface area (Å²) in [7, 11) is 1.65. The van der Waals surface area contributed by atoms with Gasteiger partial charge in [-0.25, -0.2) is 0 Å². The number of carbonyl (C=O) groups excluding carboxylic acids is 1. The number of carbonyl (C=O) groups is 1. The number of amides is 1. The predicted molar refractivity (Wildman–Crippen MR) is 127 cm³/mol. The second-order valence-corrected chi connectivity index (χ2v) is 8.61. The Hall–Kier alpha value is -2.96. The fraction of sp³-hybridized carbons (Fsp3) is 0.280. The molecule has 4 aromatic rings. The van der Waals surface area contributed by atoms with Crippen LogP contribution in [0.2, 0.25) is 0 Å². The zero-order valence-electron chi connectivity index (χ0n) is 18.0. The molecule has 0 atom stereocenters. The molecule has 4 rings (SSSR count). The summed E-state index contributed by atoms with van der Waals surface area (Å²) in [5.41, 5.74) is 2.81. The summed E-state index contributed by atoms with van der Waals surface area (Å²) in [6.45, 7) is 5.22. The van der Waals surface area contributed by atoms with Crippen LogP contribution in [0, 0.1) is 0 Å². The summed E-state index contributed by atoms with van der Waals surface area (Å²) < 4.78 is 12.0. The highest BCUT2D eigenvalue weighted by molar-refractivity contribution is 7.22. The van der Waals surface area contributed by atoms with Crippen molar-refractivity contribution in [1.29, 1.82) is 0 Å². The lowest BCUT2D eigenvalue weighted by Crippen LogP contribution is -2.25. The van der Waals surface area contributed by atoms with Gasteiger partial charge in [-0.2, -0.15) is 0 Å². The number of aromatic nitrogens is 1. The molecule has 31 heavy (non-hydrogen) atoms. The number of nitrogens with one attached hydrogen (secondary N) is 1. The van der Waals surface area contributed by atoms with Crippen molar-refractivity contribution < 1.29 is 14.3 Å². The molecule has 0 fully saturated rings. The van der Waals surface area contributed by atoms with Crippen molar-refractivity contribution >= 4 is 38.2 Å². The quantitative estimate of drug-likeness (QED) is 0.363. The maximum atomic E-state index is 13.2. The van der Waals surface area contributed by atoms with Gasteiger partial charge in [0.1, 0.15) is 10.6 Å². The third-order valence-corrected chi connectivity index (χ3v) is 6.29. The highest BCUT2D eigenvalue weighted by atomic mass is 32.1. The van der Waals surface area contributed by atoms with Gasteiger partial charge in [0.2, 0.25) is 0 Å². The van der Waals surface area contributed by atoms with Crippen LogP contribution >= 0.6 is 11.3 Å². The van der Waals surface area contributed by atoms with Crippen LogP contribution in [0.3, 0.4) is 0 Å². The minimum atomic E-state index is -0.0688. The van der Waals surface area contributed by atoms with Gasteiger partial charge >= 0.3 is 0 Å². The van der Waals surface area contributed by atoms with Crippen LogP contribution in [-0.4, -0.2) is 37.3 Å². The van der Waals surface area contributed by atoms with E-state index in [1.54, 1.807) is 7.11 Å². The Morgan fingerprint density at radius 2 is 1.94 bits per heavy atom. The minimum Gasteiger partial charge on any atom is -0.497 e. The Morgan fingerprint density at radius 3 is 2.68 bits per heavy atom. The number of methoxy groups -OCH3 is 1. The van der Waals surface area contributed by atoms with E-state index in [-0.39, 0.29) is 12.0 Å². The Morgan fingerprint density at radius 1 is 1.13 bits per heavy atom. The molecule has 0 unspecified atom stereocenters. The van der Waals surface area contributed by atoms with E-state index in [9.17, 15) is 4.79 Å². The second kappa shape index (κ2) is 9.45. The Labute approximate surface area is 186 Å². The van der Waals surface area contributed by atoms with Gasteiger partial charge in [0.25, 0.3) is 5.91 Å². The summed E-state index contributed by atoms with van der Waals surface area (Å²) in [6, 6.07) is 15.9. The number of hydrogen-bond acceptors (Lipinski definition) is 5. The third kappa shape index (κ3) is 4.55. The molecule has 1 N–H and O–H groups in total. The Kier molecular flexibility index (Phi) is 6.49. The van der Waals surface area contributed by atoms with Gasteiger partial charge in [-0.3, -0.25) is 9.78 Å².